The Morgan fingerprint density at radius 3 is 2.21 bits per heavy atom. The average molecular weight is 460 g/mol. The summed E-state index contributed by atoms with van der Waals surface area (Å²) >= 11 is 0. The van der Waals surface area contributed by atoms with Crippen LogP contribution in [0.25, 0.3) is 0 Å². The summed E-state index contributed by atoms with van der Waals surface area (Å²) in [6.45, 7) is 3.73. The number of aromatic nitrogens is 1. The quantitative estimate of drug-likeness (QED) is 0.455. The molecular weight excluding hydrogens is 430 g/mol. The van der Waals surface area contributed by atoms with E-state index in [1.54, 1.807) is 42.3 Å². The van der Waals surface area contributed by atoms with Gasteiger partial charge in [-0.05, 0) is 50.7 Å². The number of aryl methyl sites for hydroxylation is 1. The molecule has 3 amide bonds. The summed E-state index contributed by atoms with van der Waals surface area (Å²) in [5.41, 5.74) is 2.56. The highest BCUT2D eigenvalue weighted by Crippen LogP contribution is 2.18. The Balaban J connectivity index is 1.55. The summed E-state index contributed by atoms with van der Waals surface area (Å²) < 4.78 is 0. The van der Waals surface area contributed by atoms with Gasteiger partial charge in [0.25, 0.3) is 5.91 Å². The van der Waals surface area contributed by atoms with Crippen molar-refractivity contribution in [1.29, 1.82) is 0 Å². The minimum absolute atomic E-state index is 0.0137. The van der Waals surface area contributed by atoms with E-state index in [2.05, 4.69) is 20.9 Å². The van der Waals surface area contributed by atoms with Gasteiger partial charge in [0, 0.05) is 5.69 Å². The number of nitrogens with zero attached hydrogens (tertiary/aromatic N) is 2. The molecule has 3 rings (SSSR count). The largest absolute Gasteiger partial charge is 0.345 e. The monoisotopic (exact) mass is 459 g/mol. The maximum absolute atomic E-state index is 12.9. The van der Waals surface area contributed by atoms with Crippen molar-refractivity contribution >= 4 is 29.2 Å². The van der Waals surface area contributed by atoms with Crippen molar-refractivity contribution < 1.29 is 14.4 Å². The number of para-hydroxylation sites is 1. The molecule has 8 heteroatoms. The fraction of sp³-hybridized carbons (Fsp3) is 0.231. The smallest absolute Gasteiger partial charge is 0.253 e. The summed E-state index contributed by atoms with van der Waals surface area (Å²) in [5.74, 6) is -0.429. The molecule has 3 N–H and O–H groups in total. The number of pyridine rings is 1. The Kier molecular flexibility index (Phi) is 8.48. The van der Waals surface area contributed by atoms with E-state index < -0.39 is 0 Å². The molecule has 1 aromatic heterocycles. The van der Waals surface area contributed by atoms with Crippen LogP contribution in [0.3, 0.4) is 0 Å². The van der Waals surface area contributed by atoms with Crippen LogP contribution >= 0.6 is 0 Å². The van der Waals surface area contributed by atoms with Crippen molar-refractivity contribution in [3.05, 3.63) is 89.6 Å². The van der Waals surface area contributed by atoms with Crippen LogP contribution in [0.1, 0.15) is 34.6 Å². The first kappa shape index (κ1) is 24.6. The van der Waals surface area contributed by atoms with Gasteiger partial charge >= 0.3 is 0 Å². The molecule has 3 aromatic rings. The van der Waals surface area contributed by atoms with E-state index in [9.17, 15) is 14.4 Å². The standard InChI is InChI=1S/C26H29N5O3/c1-18-10-9-15-23(27-18)30-25(33)17-31(3)16-24(32)29-22-14-8-7-13-21(22)26(34)28-19(2)20-11-5-4-6-12-20/h4-15,19H,16-17H2,1-3H3,(H,28,34)(H,29,32)(H,27,30,33). The second kappa shape index (κ2) is 11.7. The normalized spacial score (nSPS) is 11.5. The molecule has 1 unspecified atom stereocenters. The van der Waals surface area contributed by atoms with Gasteiger partial charge in [0.2, 0.25) is 11.8 Å². The van der Waals surface area contributed by atoms with Gasteiger partial charge in [-0.15, -0.1) is 0 Å². The summed E-state index contributed by atoms with van der Waals surface area (Å²) in [6, 6.07) is 21.6. The molecule has 2 aromatic carbocycles. The molecule has 0 radical (unpaired) electrons. The number of amides is 3. The fourth-order valence-corrected chi connectivity index (χ4v) is 3.42. The number of rotatable bonds is 9. The fourth-order valence-electron chi connectivity index (χ4n) is 3.42. The minimum Gasteiger partial charge on any atom is -0.345 e. The molecule has 0 saturated heterocycles. The third-order valence-electron chi connectivity index (χ3n) is 5.08. The number of hydrogen-bond acceptors (Lipinski definition) is 5. The van der Waals surface area contributed by atoms with Gasteiger partial charge in [0.15, 0.2) is 0 Å². The van der Waals surface area contributed by atoms with Crippen LogP contribution in [-0.2, 0) is 9.59 Å². The zero-order chi connectivity index (χ0) is 24.5. The molecule has 176 valence electrons. The van der Waals surface area contributed by atoms with E-state index in [0.717, 1.165) is 11.3 Å². The molecule has 8 nitrogen and oxygen atoms in total. The molecule has 0 bridgehead atoms. The third kappa shape index (κ3) is 7.25. The summed E-state index contributed by atoms with van der Waals surface area (Å²) in [6.07, 6.45) is 0. The predicted molar refractivity (Wildman–Crippen MR) is 132 cm³/mol. The van der Waals surface area contributed by atoms with Gasteiger partial charge in [-0.2, -0.15) is 0 Å². The van der Waals surface area contributed by atoms with Crippen molar-refractivity contribution in [2.75, 3.05) is 30.8 Å². The second-order valence-corrected chi connectivity index (χ2v) is 8.08. The Hall–Kier alpha value is -4.04. The molecule has 0 aliphatic heterocycles. The Bertz CT molecular complexity index is 1150. The first-order chi connectivity index (χ1) is 16.3. The van der Waals surface area contributed by atoms with Crippen LogP contribution in [-0.4, -0.2) is 47.7 Å². The Morgan fingerprint density at radius 2 is 1.50 bits per heavy atom. The molecular formula is C26H29N5O3. The van der Waals surface area contributed by atoms with Crippen molar-refractivity contribution in [2.24, 2.45) is 0 Å². The van der Waals surface area contributed by atoms with Crippen molar-refractivity contribution in [3.8, 4) is 0 Å². The zero-order valence-corrected chi connectivity index (χ0v) is 19.5. The van der Waals surface area contributed by atoms with Crippen LogP contribution in [0.2, 0.25) is 0 Å². The lowest BCUT2D eigenvalue weighted by Crippen LogP contribution is -2.36. The lowest BCUT2D eigenvalue weighted by Gasteiger charge is -2.18. The molecule has 0 saturated carbocycles. The van der Waals surface area contributed by atoms with E-state index in [4.69, 9.17) is 0 Å². The molecule has 34 heavy (non-hydrogen) atoms. The van der Waals surface area contributed by atoms with Crippen LogP contribution in [0.15, 0.2) is 72.8 Å². The maximum atomic E-state index is 12.9. The molecule has 0 fully saturated rings. The van der Waals surface area contributed by atoms with Gasteiger partial charge in [-0.1, -0.05) is 48.5 Å². The molecule has 0 spiro atoms. The number of likely N-dealkylation sites (N-methyl/N-ethyl adjacent to an activating group) is 1. The Morgan fingerprint density at radius 1 is 0.853 bits per heavy atom. The van der Waals surface area contributed by atoms with Crippen LogP contribution in [0.5, 0.6) is 0 Å². The summed E-state index contributed by atoms with van der Waals surface area (Å²) in [4.78, 5) is 43.5. The van der Waals surface area contributed by atoms with E-state index in [1.165, 1.54) is 0 Å². The maximum Gasteiger partial charge on any atom is 0.253 e. The lowest BCUT2D eigenvalue weighted by atomic mass is 10.1. The van der Waals surface area contributed by atoms with E-state index in [1.807, 2.05) is 56.3 Å². The van der Waals surface area contributed by atoms with Crippen LogP contribution < -0.4 is 16.0 Å². The Labute approximate surface area is 199 Å². The first-order valence-corrected chi connectivity index (χ1v) is 11.0. The van der Waals surface area contributed by atoms with Gasteiger partial charge in [-0.25, -0.2) is 4.98 Å². The number of carbonyl (C=O) groups excluding carboxylic acids is 3. The van der Waals surface area contributed by atoms with Crippen molar-refractivity contribution in [3.63, 3.8) is 0 Å². The van der Waals surface area contributed by atoms with Crippen LogP contribution in [0, 0.1) is 6.92 Å². The summed E-state index contributed by atoms with van der Waals surface area (Å²) in [5, 5.41) is 8.46. The highest BCUT2D eigenvalue weighted by atomic mass is 16.2. The number of anilines is 2. The lowest BCUT2D eigenvalue weighted by molar-refractivity contribution is -0.119. The van der Waals surface area contributed by atoms with E-state index in [0.29, 0.717) is 17.1 Å². The van der Waals surface area contributed by atoms with Gasteiger partial charge < -0.3 is 16.0 Å². The topological polar surface area (TPSA) is 103 Å². The molecule has 1 heterocycles. The molecule has 0 aliphatic rings. The highest BCUT2D eigenvalue weighted by Gasteiger charge is 2.17. The van der Waals surface area contributed by atoms with Gasteiger partial charge in [0.05, 0.1) is 30.4 Å². The van der Waals surface area contributed by atoms with Crippen molar-refractivity contribution in [1.82, 2.24) is 15.2 Å². The third-order valence-corrected chi connectivity index (χ3v) is 5.08. The number of nitrogens with one attached hydrogen (secondary N) is 3. The zero-order valence-electron chi connectivity index (χ0n) is 19.5. The average Bonchev–Trinajstić information content (AvgIpc) is 2.79. The van der Waals surface area contributed by atoms with Crippen LogP contribution in [0.4, 0.5) is 11.5 Å². The molecule has 0 aliphatic carbocycles. The van der Waals surface area contributed by atoms with Crippen molar-refractivity contribution in [2.45, 2.75) is 19.9 Å². The van der Waals surface area contributed by atoms with E-state index in [-0.39, 0.29) is 36.9 Å². The second-order valence-electron chi connectivity index (χ2n) is 8.08. The number of hydrogen-bond donors (Lipinski definition) is 3. The SMILES string of the molecule is Cc1cccc(NC(=O)CN(C)CC(=O)Nc2ccccc2C(=O)NC(C)c2ccccc2)n1. The van der Waals surface area contributed by atoms with Gasteiger partial charge in [0.1, 0.15) is 5.82 Å². The molecule has 1 atom stereocenters. The number of benzene rings is 2. The summed E-state index contributed by atoms with van der Waals surface area (Å²) in [7, 11) is 1.67. The van der Waals surface area contributed by atoms with Gasteiger partial charge in [-0.3, -0.25) is 19.3 Å². The van der Waals surface area contributed by atoms with E-state index >= 15 is 0 Å². The highest BCUT2D eigenvalue weighted by molar-refractivity contribution is 6.04. The number of carbonyl (C=O) groups is 3. The minimum atomic E-state index is -0.333. The first-order valence-electron chi connectivity index (χ1n) is 11.0. The predicted octanol–water partition coefficient (Wildman–Crippen LogP) is 3.39.